The molecule has 1 amide bonds. The minimum absolute atomic E-state index is 0.0453. The summed E-state index contributed by atoms with van der Waals surface area (Å²) < 4.78 is 13.5. The van der Waals surface area contributed by atoms with Crippen molar-refractivity contribution in [2.75, 3.05) is 4.90 Å². The number of benzene rings is 2. The van der Waals surface area contributed by atoms with Gasteiger partial charge >= 0.3 is 0 Å². The van der Waals surface area contributed by atoms with Crippen LogP contribution in [0.1, 0.15) is 28.3 Å². The van der Waals surface area contributed by atoms with E-state index in [-0.39, 0.29) is 11.3 Å². The molecule has 30 heavy (non-hydrogen) atoms. The number of ketones is 1. The highest BCUT2D eigenvalue weighted by molar-refractivity contribution is 6.51. The quantitative estimate of drug-likeness (QED) is 0.399. The van der Waals surface area contributed by atoms with E-state index >= 15 is 0 Å². The Bertz CT molecular complexity index is 1170. The Morgan fingerprint density at radius 3 is 2.27 bits per heavy atom. The summed E-state index contributed by atoms with van der Waals surface area (Å²) in [5.41, 5.74) is 3.38. The van der Waals surface area contributed by atoms with E-state index in [0.29, 0.717) is 16.8 Å². The number of Topliss-reactive ketones (excluding diaryl/α,β-unsaturated/α-hetero) is 1. The van der Waals surface area contributed by atoms with Gasteiger partial charge in [-0.15, -0.1) is 0 Å². The number of aliphatic hydroxyl groups excluding tert-OH is 1. The summed E-state index contributed by atoms with van der Waals surface area (Å²) in [6, 6.07) is 13.2. The van der Waals surface area contributed by atoms with Crippen LogP contribution >= 0.6 is 0 Å². The molecular weight excluding hydrogens is 383 g/mol. The van der Waals surface area contributed by atoms with Crippen LogP contribution in [0.2, 0.25) is 0 Å². The smallest absolute Gasteiger partial charge is 0.300 e. The number of pyridine rings is 1. The molecule has 150 valence electrons. The molecule has 1 N–H and O–H groups in total. The second-order valence-electron chi connectivity index (χ2n) is 7.23. The first-order valence-electron chi connectivity index (χ1n) is 9.42. The fraction of sp³-hybridized carbons (Fsp3) is 0.125. The highest BCUT2D eigenvalue weighted by atomic mass is 19.1. The van der Waals surface area contributed by atoms with Crippen molar-refractivity contribution < 1.29 is 19.1 Å². The lowest BCUT2D eigenvalue weighted by molar-refractivity contribution is -0.132. The van der Waals surface area contributed by atoms with E-state index in [2.05, 4.69) is 4.98 Å². The third-order valence-corrected chi connectivity index (χ3v) is 5.35. The van der Waals surface area contributed by atoms with Crippen molar-refractivity contribution in [2.24, 2.45) is 0 Å². The van der Waals surface area contributed by atoms with Crippen LogP contribution in [0.3, 0.4) is 0 Å². The molecule has 1 saturated heterocycles. The third-order valence-electron chi connectivity index (χ3n) is 5.35. The molecule has 0 saturated carbocycles. The number of hydrogen-bond donors (Lipinski definition) is 1. The van der Waals surface area contributed by atoms with E-state index in [4.69, 9.17) is 0 Å². The van der Waals surface area contributed by atoms with Gasteiger partial charge in [-0.05, 0) is 66.9 Å². The Morgan fingerprint density at radius 2 is 1.63 bits per heavy atom. The van der Waals surface area contributed by atoms with Crippen molar-refractivity contribution in [3.8, 4) is 0 Å². The molecule has 1 aliphatic rings. The Kier molecular flexibility index (Phi) is 4.91. The maximum Gasteiger partial charge on any atom is 0.300 e. The van der Waals surface area contributed by atoms with E-state index < -0.39 is 23.5 Å². The van der Waals surface area contributed by atoms with Crippen LogP contribution in [0.15, 0.2) is 72.6 Å². The predicted molar refractivity (Wildman–Crippen MR) is 111 cm³/mol. The number of nitrogens with zero attached hydrogens (tertiary/aromatic N) is 2. The Morgan fingerprint density at radius 1 is 0.967 bits per heavy atom. The van der Waals surface area contributed by atoms with Crippen molar-refractivity contribution in [2.45, 2.75) is 19.9 Å². The molecule has 0 bridgehead atoms. The Balaban J connectivity index is 1.95. The topological polar surface area (TPSA) is 70.5 Å². The molecule has 1 fully saturated rings. The third kappa shape index (κ3) is 3.26. The monoisotopic (exact) mass is 402 g/mol. The number of aryl methyl sites for hydroxylation is 2. The molecule has 3 aromatic rings. The van der Waals surface area contributed by atoms with Gasteiger partial charge in [0.25, 0.3) is 11.7 Å². The molecule has 4 rings (SSSR count). The number of aliphatic hydroxyl groups is 1. The number of amides is 1. The van der Waals surface area contributed by atoms with E-state index in [1.54, 1.807) is 18.2 Å². The lowest BCUT2D eigenvalue weighted by Gasteiger charge is -2.26. The SMILES string of the molecule is Cc1ccc(N2C(=O)C(=O)/C(=C(/O)c3ccncc3)C2c2ccc(F)cc2)cc1C. The minimum Gasteiger partial charge on any atom is -0.507 e. The lowest BCUT2D eigenvalue weighted by atomic mass is 9.95. The summed E-state index contributed by atoms with van der Waals surface area (Å²) in [5, 5.41) is 10.9. The lowest BCUT2D eigenvalue weighted by Crippen LogP contribution is -2.29. The number of hydrogen-bond acceptors (Lipinski definition) is 4. The van der Waals surface area contributed by atoms with Crippen LogP contribution in [0.4, 0.5) is 10.1 Å². The molecule has 2 aromatic carbocycles. The zero-order chi connectivity index (χ0) is 21.4. The maximum atomic E-state index is 13.5. The van der Waals surface area contributed by atoms with E-state index in [1.165, 1.54) is 41.6 Å². The van der Waals surface area contributed by atoms with E-state index in [0.717, 1.165) is 11.1 Å². The van der Waals surface area contributed by atoms with Gasteiger partial charge in [0, 0.05) is 23.6 Å². The average molecular weight is 402 g/mol. The number of halogens is 1. The van der Waals surface area contributed by atoms with Crippen molar-refractivity contribution in [3.05, 3.63) is 101 Å². The molecule has 1 aliphatic heterocycles. The second kappa shape index (κ2) is 7.55. The molecule has 6 heteroatoms. The van der Waals surface area contributed by atoms with Crippen LogP contribution in [0, 0.1) is 19.7 Å². The van der Waals surface area contributed by atoms with Crippen molar-refractivity contribution in [1.29, 1.82) is 0 Å². The number of rotatable bonds is 3. The number of carbonyl (C=O) groups excluding carboxylic acids is 2. The first-order chi connectivity index (χ1) is 14.4. The van der Waals surface area contributed by atoms with Crippen molar-refractivity contribution >= 4 is 23.1 Å². The Hall–Kier alpha value is -3.80. The van der Waals surface area contributed by atoms with Crippen LogP contribution in [-0.4, -0.2) is 21.8 Å². The molecular formula is C24H19FN2O3. The molecule has 0 aliphatic carbocycles. The first kappa shape index (κ1) is 19.5. The summed E-state index contributed by atoms with van der Waals surface area (Å²) in [7, 11) is 0. The fourth-order valence-corrected chi connectivity index (χ4v) is 3.60. The highest BCUT2D eigenvalue weighted by Gasteiger charge is 2.47. The van der Waals surface area contributed by atoms with Crippen LogP contribution in [0.5, 0.6) is 0 Å². The van der Waals surface area contributed by atoms with Gasteiger partial charge < -0.3 is 5.11 Å². The van der Waals surface area contributed by atoms with Gasteiger partial charge in [-0.1, -0.05) is 18.2 Å². The minimum atomic E-state index is -0.888. The van der Waals surface area contributed by atoms with Crippen LogP contribution < -0.4 is 4.90 Å². The number of anilines is 1. The number of aromatic nitrogens is 1. The normalized spacial score (nSPS) is 18.1. The fourth-order valence-electron chi connectivity index (χ4n) is 3.60. The van der Waals surface area contributed by atoms with Gasteiger partial charge in [0.15, 0.2) is 0 Å². The summed E-state index contributed by atoms with van der Waals surface area (Å²) in [5.74, 6) is -2.27. The van der Waals surface area contributed by atoms with Crippen LogP contribution in [-0.2, 0) is 9.59 Å². The summed E-state index contributed by atoms with van der Waals surface area (Å²) >= 11 is 0. The average Bonchev–Trinajstić information content (AvgIpc) is 3.01. The molecule has 5 nitrogen and oxygen atoms in total. The predicted octanol–water partition coefficient (Wildman–Crippen LogP) is 4.46. The van der Waals surface area contributed by atoms with Crippen molar-refractivity contribution in [1.82, 2.24) is 4.98 Å². The van der Waals surface area contributed by atoms with Crippen molar-refractivity contribution in [3.63, 3.8) is 0 Å². The maximum absolute atomic E-state index is 13.5. The van der Waals surface area contributed by atoms with Gasteiger partial charge in [0.2, 0.25) is 0 Å². The summed E-state index contributed by atoms with van der Waals surface area (Å²) in [4.78, 5) is 31.3. The van der Waals surface area contributed by atoms with E-state index in [9.17, 15) is 19.1 Å². The molecule has 1 aromatic heterocycles. The zero-order valence-electron chi connectivity index (χ0n) is 16.5. The largest absolute Gasteiger partial charge is 0.507 e. The van der Waals surface area contributed by atoms with Gasteiger partial charge in [-0.2, -0.15) is 0 Å². The standard InChI is InChI=1S/C24H19FN2O3/c1-14-3-8-19(13-15(14)2)27-21(16-4-6-18(25)7-5-16)20(23(29)24(27)30)22(28)17-9-11-26-12-10-17/h3-13,21,28H,1-2H3/b22-20+. The van der Waals surface area contributed by atoms with Crippen LogP contribution in [0.25, 0.3) is 5.76 Å². The summed E-state index contributed by atoms with van der Waals surface area (Å²) in [6.45, 7) is 3.87. The molecule has 2 heterocycles. The highest BCUT2D eigenvalue weighted by Crippen LogP contribution is 2.42. The molecule has 0 radical (unpaired) electrons. The molecule has 1 atom stereocenters. The summed E-state index contributed by atoms with van der Waals surface area (Å²) in [6.07, 6.45) is 2.97. The molecule has 1 unspecified atom stereocenters. The van der Waals surface area contributed by atoms with Gasteiger partial charge in [-0.25, -0.2) is 4.39 Å². The van der Waals surface area contributed by atoms with Gasteiger partial charge in [0.1, 0.15) is 11.6 Å². The first-order valence-corrected chi connectivity index (χ1v) is 9.42. The van der Waals surface area contributed by atoms with Gasteiger partial charge in [0.05, 0.1) is 11.6 Å². The zero-order valence-corrected chi connectivity index (χ0v) is 16.5. The van der Waals surface area contributed by atoms with Gasteiger partial charge in [-0.3, -0.25) is 19.5 Å². The Labute approximate surface area is 173 Å². The second-order valence-corrected chi connectivity index (χ2v) is 7.23. The number of carbonyl (C=O) groups is 2. The van der Waals surface area contributed by atoms with E-state index in [1.807, 2.05) is 26.0 Å². The molecule has 0 spiro atoms.